The fraction of sp³-hybridized carbons (Fsp3) is 0.143. The Kier molecular flexibility index (Phi) is 2.71. The molecule has 20 heavy (non-hydrogen) atoms. The highest BCUT2D eigenvalue weighted by Gasteiger charge is 2.14. The summed E-state index contributed by atoms with van der Waals surface area (Å²) in [6, 6.07) is 7.69. The highest BCUT2D eigenvalue weighted by molar-refractivity contribution is 5.83. The molecule has 0 unspecified atom stereocenters. The summed E-state index contributed by atoms with van der Waals surface area (Å²) in [5.41, 5.74) is 1.35. The lowest BCUT2D eigenvalue weighted by molar-refractivity contribution is 0.161. The van der Waals surface area contributed by atoms with Gasteiger partial charge >= 0.3 is 5.56 Å². The van der Waals surface area contributed by atoms with Gasteiger partial charge < -0.3 is 15.3 Å². The van der Waals surface area contributed by atoms with Crippen LogP contribution in [-0.2, 0) is 6.42 Å². The maximum Gasteiger partial charge on any atom is 0.305 e. The van der Waals surface area contributed by atoms with Gasteiger partial charge in [0.2, 0.25) is 5.88 Å². The van der Waals surface area contributed by atoms with Crippen molar-refractivity contribution in [3.05, 3.63) is 57.8 Å². The molecule has 6 nitrogen and oxygen atoms in total. The van der Waals surface area contributed by atoms with E-state index in [1.165, 1.54) is 6.92 Å². The molecule has 3 rings (SSSR count). The average Bonchev–Trinajstić information content (AvgIpc) is 2.86. The standard InChI is InChI=1S/C14H13N3O3/c1-8-13(18)16-12(14(19)17(8)20)6-9-7-15-11-5-3-2-4-10(9)11/h2-5,7,15,18,20H,6H2,1H3. The van der Waals surface area contributed by atoms with Crippen molar-refractivity contribution in [2.45, 2.75) is 13.3 Å². The Hall–Kier alpha value is -2.76. The normalized spacial score (nSPS) is 11.1. The number of hydrogen-bond donors (Lipinski definition) is 3. The number of aromatic amines is 1. The third-order valence-electron chi connectivity index (χ3n) is 3.35. The van der Waals surface area contributed by atoms with Crippen molar-refractivity contribution in [3.63, 3.8) is 0 Å². The molecule has 6 heteroatoms. The monoisotopic (exact) mass is 271 g/mol. The van der Waals surface area contributed by atoms with Gasteiger partial charge in [0.15, 0.2) is 0 Å². The van der Waals surface area contributed by atoms with Crippen LogP contribution in [0.3, 0.4) is 0 Å². The fourth-order valence-corrected chi connectivity index (χ4v) is 2.20. The second-order valence-corrected chi connectivity index (χ2v) is 4.62. The molecule has 102 valence electrons. The highest BCUT2D eigenvalue weighted by atomic mass is 16.5. The number of hydrogen-bond acceptors (Lipinski definition) is 4. The Labute approximate surface area is 113 Å². The zero-order valence-corrected chi connectivity index (χ0v) is 10.8. The van der Waals surface area contributed by atoms with E-state index >= 15 is 0 Å². The van der Waals surface area contributed by atoms with E-state index in [0.29, 0.717) is 4.73 Å². The van der Waals surface area contributed by atoms with Crippen molar-refractivity contribution in [2.75, 3.05) is 0 Å². The first kappa shape index (κ1) is 12.3. The SMILES string of the molecule is Cc1c(O)nc(Cc2c[nH]c3ccccc23)c(=O)n1O. The van der Waals surface area contributed by atoms with E-state index in [0.717, 1.165) is 16.5 Å². The van der Waals surface area contributed by atoms with Crippen LogP contribution in [0.2, 0.25) is 0 Å². The minimum Gasteiger partial charge on any atom is -0.492 e. The van der Waals surface area contributed by atoms with Gasteiger partial charge in [-0.1, -0.05) is 18.2 Å². The first-order valence-corrected chi connectivity index (χ1v) is 6.13. The Morgan fingerprint density at radius 3 is 2.90 bits per heavy atom. The summed E-state index contributed by atoms with van der Waals surface area (Å²) in [5.74, 6) is -0.345. The molecule has 0 aliphatic rings. The van der Waals surface area contributed by atoms with Gasteiger partial charge in [-0.2, -0.15) is 0 Å². The van der Waals surface area contributed by atoms with Gasteiger partial charge in [0.1, 0.15) is 11.4 Å². The van der Waals surface area contributed by atoms with Crippen LogP contribution in [-0.4, -0.2) is 25.0 Å². The number of para-hydroxylation sites is 1. The van der Waals surface area contributed by atoms with Gasteiger partial charge in [0, 0.05) is 23.5 Å². The number of fused-ring (bicyclic) bond motifs is 1. The summed E-state index contributed by atoms with van der Waals surface area (Å²) < 4.78 is 0.423. The van der Waals surface area contributed by atoms with Gasteiger partial charge in [-0.25, -0.2) is 4.98 Å². The molecular weight excluding hydrogens is 258 g/mol. The average molecular weight is 271 g/mol. The van der Waals surface area contributed by atoms with E-state index in [-0.39, 0.29) is 23.7 Å². The number of H-pyrrole nitrogens is 1. The maximum atomic E-state index is 11.9. The summed E-state index contributed by atoms with van der Waals surface area (Å²) in [6.45, 7) is 1.42. The minimum atomic E-state index is -0.620. The quantitative estimate of drug-likeness (QED) is 0.617. The van der Waals surface area contributed by atoms with Crippen molar-refractivity contribution in [1.82, 2.24) is 14.7 Å². The Balaban J connectivity index is 2.10. The predicted octanol–water partition coefficient (Wildman–Crippen LogP) is 1.57. The lowest BCUT2D eigenvalue weighted by Crippen LogP contribution is -2.25. The molecule has 0 aliphatic carbocycles. The maximum absolute atomic E-state index is 11.9. The second kappa shape index (κ2) is 4.41. The van der Waals surface area contributed by atoms with Gasteiger partial charge in [0.05, 0.1) is 0 Å². The number of nitrogens with zero attached hydrogens (tertiary/aromatic N) is 2. The first-order valence-electron chi connectivity index (χ1n) is 6.13. The van der Waals surface area contributed by atoms with Crippen LogP contribution in [0.25, 0.3) is 10.9 Å². The Morgan fingerprint density at radius 2 is 2.10 bits per heavy atom. The Bertz CT molecular complexity index is 848. The van der Waals surface area contributed by atoms with Crippen LogP contribution in [0.15, 0.2) is 35.3 Å². The van der Waals surface area contributed by atoms with E-state index in [2.05, 4.69) is 9.97 Å². The summed E-state index contributed by atoms with van der Waals surface area (Å²) >= 11 is 0. The number of aromatic hydroxyl groups is 1. The van der Waals surface area contributed by atoms with E-state index in [1.54, 1.807) is 6.20 Å². The molecule has 0 atom stereocenters. The second-order valence-electron chi connectivity index (χ2n) is 4.62. The molecule has 0 amide bonds. The minimum absolute atomic E-state index is 0.0256. The highest BCUT2D eigenvalue weighted by Crippen LogP contribution is 2.20. The first-order chi connectivity index (χ1) is 9.58. The van der Waals surface area contributed by atoms with Crippen molar-refractivity contribution >= 4 is 10.9 Å². The summed E-state index contributed by atoms with van der Waals surface area (Å²) in [4.78, 5) is 18.9. The van der Waals surface area contributed by atoms with Crippen LogP contribution in [0.1, 0.15) is 17.0 Å². The predicted molar refractivity (Wildman–Crippen MR) is 73.2 cm³/mol. The number of nitrogens with one attached hydrogen (secondary N) is 1. The van der Waals surface area contributed by atoms with Crippen molar-refractivity contribution in [3.8, 4) is 5.88 Å². The van der Waals surface area contributed by atoms with Crippen LogP contribution in [0.5, 0.6) is 5.88 Å². The molecule has 2 heterocycles. The fourth-order valence-electron chi connectivity index (χ4n) is 2.20. The molecule has 0 bridgehead atoms. The summed E-state index contributed by atoms with van der Waals surface area (Å²) in [6.07, 6.45) is 2.03. The molecule has 0 aliphatic heterocycles. The van der Waals surface area contributed by atoms with Crippen LogP contribution >= 0.6 is 0 Å². The molecule has 0 saturated heterocycles. The van der Waals surface area contributed by atoms with E-state index in [1.807, 2.05) is 24.3 Å². The molecule has 3 aromatic rings. The van der Waals surface area contributed by atoms with Crippen molar-refractivity contribution in [2.24, 2.45) is 0 Å². The number of benzene rings is 1. The molecule has 1 aromatic carbocycles. The third-order valence-corrected chi connectivity index (χ3v) is 3.35. The summed E-state index contributed by atoms with van der Waals surface area (Å²) in [5, 5.41) is 20.2. The van der Waals surface area contributed by atoms with E-state index in [4.69, 9.17) is 0 Å². The summed E-state index contributed by atoms with van der Waals surface area (Å²) in [7, 11) is 0. The van der Waals surface area contributed by atoms with Crippen molar-refractivity contribution < 1.29 is 10.3 Å². The topological polar surface area (TPSA) is 91.1 Å². The zero-order valence-electron chi connectivity index (χ0n) is 10.8. The van der Waals surface area contributed by atoms with Gasteiger partial charge in [-0.05, 0) is 18.6 Å². The van der Waals surface area contributed by atoms with E-state index < -0.39 is 5.56 Å². The third kappa shape index (κ3) is 1.82. The van der Waals surface area contributed by atoms with Crippen LogP contribution in [0, 0.1) is 6.92 Å². The van der Waals surface area contributed by atoms with Gasteiger partial charge in [-0.15, -0.1) is 4.73 Å². The molecule has 0 spiro atoms. The van der Waals surface area contributed by atoms with Crippen LogP contribution < -0.4 is 5.56 Å². The number of rotatable bonds is 2. The zero-order chi connectivity index (χ0) is 14.3. The smallest absolute Gasteiger partial charge is 0.305 e. The molecule has 0 saturated carbocycles. The molecule has 0 fully saturated rings. The molecule has 3 N–H and O–H groups in total. The van der Waals surface area contributed by atoms with Crippen molar-refractivity contribution in [1.29, 1.82) is 0 Å². The molecule has 0 radical (unpaired) electrons. The van der Waals surface area contributed by atoms with Gasteiger partial charge in [0.25, 0.3) is 0 Å². The molecule has 2 aromatic heterocycles. The number of aromatic nitrogens is 3. The van der Waals surface area contributed by atoms with Crippen LogP contribution in [0.4, 0.5) is 0 Å². The lowest BCUT2D eigenvalue weighted by Gasteiger charge is -2.06. The van der Waals surface area contributed by atoms with Gasteiger partial charge in [-0.3, -0.25) is 4.79 Å². The lowest BCUT2D eigenvalue weighted by atomic mass is 10.1. The molecular formula is C14H13N3O3. The van der Waals surface area contributed by atoms with E-state index in [9.17, 15) is 15.1 Å². The Morgan fingerprint density at radius 1 is 1.35 bits per heavy atom. The largest absolute Gasteiger partial charge is 0.492 e.